The smallest absolute Gasteiger partial charge is 0.118 e. The first-order valence-corrected chi connectivity index (χ1v) is 5.35. The number of benzene rings is 1. The van der Waals surface area contributed by atoms with Gasteiger partial charge in [-0.25, -0.2) is 0 Å². The zero-order valence-electron chi connectivity index (χ0n) is 9.55. The third kappa shape index (κ3) is 2.22. The molecule has 2 nitrogen and oxygen atoms in total. The van der Waals surface area contributed by atoms with E-state index < -0.39 is 0 Å². The van der Waals surface area contributed by atoms with E-state index in [2.05, 4.69) is 30.1 Å². The Kier molecular flexibility index (Phi) is 3.20. The van der Waals surface area contributed by atoms with Crippen LogP contribution in [0.3, 0.4) is 0 Å². The van der Waals surface area contributed by atoms with E-state index in [0.717, 1.165) is 5.75 Å². The zero-order valence-corrected chi connectivity index (χ0v) is 9.55. The second-order valence-electron chi connectivity index (χ2n) is 3.78. The second kappa shape index (κ2) is 4.79. The van der Waals surface area contributed by atoms with Gasteiger partial charge in [0.25, 0.3) is 0 Å². The van der Waals surface area contributed by atoms with E-state index in [1.54, 1.807) is 13.3 Å². The molecule has 16 heavy (non-hydrogen) atoms. The van der Waals surface area contributed by atoms with E-state index in [1.165, 1.54) is 11.1 Å². The number of pyridine rings is 1. The van der Waals surface area contributed by atoms with Crippen LogP contribution in [0.4, 0.5) is 0 Å². The van der Waals surface area contributed by atoms with E-state index in [9.17, 15) is 0 Å². The molecule has 0 fully saturated rings. The fourth-order valence-corrected chi connectivity index (χ4v) is 1.72. The summed E-state index contributed by atoms with van der Waals surface area (Å²) in [7, 11) is 1.68. The molecule has 1 aromatic heterocycles. The van der Waals surface area contributed by atoms with Crippen LogP contribution in [0, 0.1) is 0 Å². The summed E-state index contributed by atoms with van der Waals surface area (Å²) >= 11 is 0. The third-order valence-corrected chi connectivity index (χ3v) is 2.80. The van der Waals surface area contributed by atoms with Crippen LogP contribution < -0.4 is 4.74 Å². The van der Waals surface area contributed by atoms with Crippen molar-refractivity contribution in [3.63, 3.8) is 0 Å². The Morgan fingerprint density at radius 3 is 2.38 bits per heavy atom. The molecule has 1 aromatic carbocycles. The lowest BCUT2D eigenvalue weighted by Crippen LogP contribution is -1.96. The summed E-state index contributed by atoms with van der Waals surface area (Å²) in [4.78, 5) is 4.14. The van der Waals surface area contributed by atoms with Gasteiger partial charge in [0.2, 0.25) is 0 Å². The van der Waals surface area contributed by atoms with Crippen molar-refractivity contribution in [3.05, 3.63) is 59.9 Å². The summed E-state index contributed by atoms with van der Waals surface area (Å²) in [6.45, 7) is 2.18. The highest BCUT2D eigenvalue weighted by Gasteiger charge is 2.07. The molecular weight excluding hydrogens is 198 g/mol. The normalized spacial score (nSPS) is 12.1. The lowest BCUT2D eigenvalue weighted by molar-refractivity contribution is 0.414. The largest absolute Gasteiger partial charge is 0.497 e. The second-order valence-corrected chi connectivity index (χ2v) is 3.78. The number of nitrogens with zero attached hydrogens (tertiary/aromatic N) is 1. The van der Waals surface area contributed by atoms with Crippen LogP contribution in [-0.2, 0) is 0 Å². The summed E-state index contributed by atoms with van der Waals surface area (Å²) in [6.07, 6.45) is 3.71. The number of ether oxygens (including phenoxy) is 1. The molecule has 0 saturated carbocycles. The predicted molar refractivity (Wildman–Crippen MR) is 64.7 cm³/mol. The summed E-state index contributed by atoms with van der Waals surface area (Å²) in [5.74, 6) is 1.25. The number of hydrogen-bond donors (Lipinski definition) is 0. The van der Waals surface area contributed by atoms with Crippen LogP contribution in [0.5, 0.6) is 5.75 Å². The fourth-order valence-electron chi connectivity index (χ4n) is 1.72. The summed E-state index contributed by atoms with van der Waals surface area (Å²) in [6, 6.07) is 12.2. The number of aromatic nitrogens is 1. The van der Waals surface area contributed by atoms with Crippen molar-refractivity contribution in [3.8, 4) is 5.75 Å². The molecule has 0 spiro atoms. The van der Waals surface area contributed by atoms with Crippen LogP contribution in [0.15, 0.2) is 48.8 Å². The van der Waals surface area contributed by atoms with Crippen molar-refractivity contribution in [2.24, 2.45) is 0 Å². The SMILES string of the molecule is COc1ccc(C(C)c2cccnc2)cc1. The lowest BCUT2D eigenvalue weighted by Gasteiger charge is -2.12. The highest BCUT2D eigenvalue weighted by atomic mass is 16.5. The van der Waals surface area contributed by atoms with Crippen LogP contribution >= 0.6 is 0 Å². The number of hydrogen-bond acceptors (Lipinski definition) is 2. The molecule has 1 atom stereocenters. The highest BCUT2D eigenvalue weighted by Crippen LogP contribution is 2.24. The molecule has 2 aromatic rings. The molecule has 0 aliphatic carbocycles. The average Bonchev–Trinajstić information content (AvgIpc) is 2.39. The highest BCUT2D eigenvalue weighted by molar-refractivity contribution is 5.34. The van der Waals surface area contributed by atoms with Crippen molar-refractivity contribution < 1.29 is 4.74 Å². The first-order chi connectivity index (χ1) is 7.81. The standard InChI is InChI=1S/C14H15NO/c1-11(13-4-3-9-15-10-13)12-5-7-14(16-2)8-6-12/h3-11H,1-2H3. The Bertz CT molecular complexity index is 436. The van der Waals surface area contributed by atoms with E-state index in [-0.39, 0.29) is 0 Å². The van der Waals surface area contributed by atoms with E-state index in [4.69, 9.17) is 4.74 Å². The molecule has 2 heteroatoms. The quantitative estimate of drug-likeness (QED) is 0.780. The predicted octanol–water partition coefficient (Wildman–Crippen LogP) is 3.24. The number of methoxy groups -OCH3 is 1. The van der Waals surface area contributed by atoms with Crippen molar-refractivity contribution in [1.29, 1.82) is 0 Å². The minimum Gasteiger partial charge on any atom is -0.497 e. The van der Waals surface area contributed by atoms with Crippen molar-refractivity contribution >= 4 is 0 Å². The maximum atomic E-state index is 5.14. The van der Waals surface area contributed by atoms with Gasteiger partial charge in [-0.3, -0.25) is 4.98 Å². The monoisotopic (exact) mass is 213 g/mol. The first-order valence-electron chi connectivity index (χ1n) is 5.35. The Hall–Kier alpha value is -1.83. The van der Waals surface area contributed by atoms with Crippen molar-refractivity contribution in [2.45, 2.75) is 12.8 Å². The molecule has 0 amide bonds. The van der Waals surface area contributed by atoms with Gasteiger partial charge >= 0.3 is 0 Å². The lowest BCUT2D eigenvalue weighted by atomic mass is 9.94. The molecule has 82 valence electrons. The Labute approximate surface area is 95.9 Å². The summed E-state index contributed by atoms with van der Waals surface area (Å²) in [5, 5.41) is 0. The molecule has 1 unspecified atom stereocenters. The van der Waals surface area contributed by atoms with Gasteiger partial charge in [0, 0.05) is 18.3 Å². The Balaban J connectivity index is 2.24. The Morgan fingerprint density at radius 2 is 1.81 bits per heavy atom. The fraction of sp³-hybridized carbons (Fsp3) is 0.214. The van der Waals surface area contributed by atoms with Gasteiger partial charge in [-0.1, -0.05) is 25.1 Å². The summed E-state index contributed by atoms with van der Waals surface area (Å²) in [5.41, 5.74) is 2.50. The van der Waals surface area contributed by atoms with Crippen LogP contribution in [0.25, 0.3) is 0 Å². The van der Waals surface area contributed by atoms with E-state index in [1.807, 2.05) is 24.4 Å². The molecule has 1 heterocycles. The average molecular weight is 213 g/mol. The maximum Gasteiger partial charge on any atom is 0.118 e. The van der Waals surface area contributed by atoms with Gasteiger partial charge in [0.1, 0.15) is 5.75 Å². The Morgan fingerprint density at radius 1 is 1.06 bits per heavy atom. The summed E-state index contributed by atoms with van der Waals surface area (Å²) < 4.78 is 5.14. The van der Waals surface area contributed by atoms with Crippen molar-refractivity contribution in [2.75, 3.05) is 7.11 Å². The minimum absolute atomic E-state index is 0.361. The van der Waals surface area contributed by atoms with Crippen LogP contribution in [0.1, 0.15) is 24.0 Å². The van der Waals surface area contributed by atoms with E-state index in [0.29, 0.717) is 5.92 Å². The topological polar surface area (TPSA) is 22.1 Å². The molecule has 0 saturated heterocycles. The van der Waals surface area contributed by atoms with Crippen molar-refractivity contribution in [1.82, 2.24) is 4.98 Å². The molecule has 0 N–H and O–H groups in total. The number of rotatable bonds is 3. The maximum absolute atomic E-state index is 5.14. The van der Waals surface area contributed by atoms with Gasteiger partial charge in [0.15, 0.2) is 0 Å². The van der Waals surface area contributed by atoms with E-state index >= 15 is 0 Å². The minimum atomic E-state index is 0.361. The van der Waals surface area contributed by atoms with Gasteiger partial charge in [0.05, 0.1) is 7.11 Å². The van der Waals surface area contributed by atoms with Crippen LogP contribution in [0.2, 0.25) is 0 Å². The third-order valence-electron chi connectivity index (χ3n) is 2.80. The molecule has 0 radical (unpaired) electrons. The van der Waals surface area contributed by atoms with Gasteiger partial charge < -0.3 is 4.74 Å². The molecule has 0 bridgehead atoms. The zero-order chi connectivity index (χ0) is 11.4. The molecule has 0 aliphatic heterocycles. The van der Waals surface area contributed by atoms with Gasteiger partial charge in [-0.15, -0.1) is 0 Å². The van der Waals surface area contributed by atoms with Gasteiger partial charge in [-0.05, 0) is 29.3 Å². The van der Waals surface area contributed by atoms with Gasteiger partial charge in [-0.2, -0.15) is 0 Å². The van der Waals surface area contributed by atoms with Crippen LogP contribution in [-0.4, -0.2) is 12.1 Å². The molecule has 2 rings (SSSR count). The molecule has 0 aliphatic rings. The molecular formula is C14H15NO. The first kappa shape index (κ1) is 10.7.